The molecule has 0 bridgehead atoms. The Labute approximate surface area is 105 Å². The smallest absolute Gasteiger partial charge is 0.320 e. The van der Waals surface area contributed by atoms with Gasteiger partial charge in [0.25, 0.3) is 0 Å². The van der Waals surface area contributed by atoms with Crippen molar-refractivity contribution in [2.45, 2.75) is 13.0 Å². The number of carboxylic acid groups (broad SMARTS) is 1. The van der Waals surface area contributed by atoms with Gasteiger partial charge in [0.05, 0.1) is 0 Å². The Morgan fingerprint density at radius 2 is 2.00 bits per heavy atom. The molecule has 0 radical (unpaired) electrons. The quantitative estimate of drug-likeness (QED) is 0.836. The molecule has 1 N–H and O–H groups in total. The van der Waals surface area contributed by atoms with Crippen molar-refractivity contribution in [3.63, 3.8) is 0 Å². The minimum atomic E-state index is -0.771. The Morgan fingerprint density at radius 1 is 1.44 bits per heavy atom. The number of rotatable bonds is 4. The molecule has 0 aromatic carbocycles. The summed E-state index contributed by atoms with van der Waals surface area (Å²) in [5, 5.41) is 9.49. The zero-order valence-electron chi connectivity index (χ0n) is 9.20. The molecule has 6 heteroatoms. The summed E-state index contributed by atoms with van der Waals surface area (Å²) in [7, 11) is 0. The Balaban J connectivity index is 2.36. The molecule has 0 amide bonds. The van der Waals surface area contributed by atoms with E-state index in [0.717, 1.165) is 26.2 Å². The third-order valence-corrected chi connectivity index (χ3v) is 3.41. The average molecular weight is 267 g/mol. The molecule has 1 rings (SSSR count). The highest BCUT2D eigenvalue weighted by atomic mass is 35.5. The van der Waals surface area contributed by atoms with Gasteiger partial charge in [-0.05, 0) is 6.92 Å². The van der Waals surface area contributed by atoms with E-state index >= 15 is 0 Å². The van der Waals surface area contributed by atoms with E-state index in [-0.39, 0.29) is 0 Å². The maximum absolute atomic E-state index is 10.8. The van der Waals surface area contributed by atoms with Crippen molar-refractivity contribution in [2.24, 2.45) is 0 Å². The molecule has 0 saturated carbocycles. The molecule has 1 heterocycles. The topological polar surface area (TPSA) is 43.8 Å². The van der Waals surface area contributed by atoms with Crippen molar-refractivity contribution in [2.75, 3.05) is 32.7 Å². The van der Waals surface area contributed by atoms with E-state index in [0.29, 0.717) is 11.6 Å². The van der Waals surface area contributed by atoms with Gasteiger partial charge in [-0.25, -0.2) is 0 Å². The van der Waals surface area contributed by atoms with E-state index in [1.807, 2.05) is 4.90 Å². The van der Waals surface area contributed by atoms with Crippen molar-refractivity contribution >= 4 is 29.2 Å². The minimum absolute atomic E-state index is 0.416. The van der Waals surface area contributed by atoms with Crippen molar-refractivity contribution < 1.29 is 9.90 Å². The van der Waals surface area contributed by atoms with Gasteiger partial charge in [0.1, 0.15) is 6.04 Å². The molecule has 0 spiro atoms. The normalized spacial score (nSPS) is 22.1. The molecule has 92 valence electrons. The molecular weight excluding hydrogens is 251 g/mol. The molecule has 0 aromatic rings. The number of carbonyl (C=O) groups is 1. The van der Waals surface area contributed by atoms with E-state index in [1.54, 1.807) is 6.92 Å². The summed E-state index contributed by atoms with van der Waals surface area (Å²) in [5.74, 6) is -0.771. The van der Waals surface area contributed by atoms with E-state index in [1.165, 1.54) is 5.54 Å². The molecule has 0 aliphatic carbocycles. The molecule has 0 aromatic heterocycles. The monoisotopic (exact) mass is 266 g/mol. The van der Waals surface area contributed by atoms with Crippen LogP contribution in [-0.4, -0.2) is 59.6 Å². The third-order valence-electron chi connectivity index (χ3n) is 2.81. The number of hydrogen-bond donors (Lipinski definition) is 1. The van der Waals surface area contributed by atoms with Gasteiger partial charge >= 0.3 is 5.97 Å². The summed E-state index contributed by atoms with van der Waals surface area (Å²) in [6, 6.07) is -0.416. The third kappa shape index (κ3) is 3.94. The van der Waals surface area contributed by atoms with Crippen LogP contribution in [0.4, 0.5) is 0 Å². The molecule has 1 unspecified atom stereocenters. The lowest BCUT2D eigenvalue weighted by Gasteiger charge is -2.36. The fourth-order valence-corrected chi connectivity index (χ4v) is 1.95. The lowest BCUT2D eigenvalue weighted by Crippen LogP contribution is -2.51. The summed E-state index contributed by atoms with van der Waals surface area (Å²) in [4.78, 5) is 14.9. The first-order chi connectivity index (χ1) is 7.54. The fourth-order valence-electron chi connectivity index (χ4n) is 1.71. The lowest BCUT2D eigenvalue weighted by molar-refractivity contribution is -0.143. The maximum atomic E-state index is 10.8. The van der Waals surface area contributed by atoms with Crippen molar-refractivity contribution in [3.05, 3.63) is 10.6 Å². The first kappa shape index (κ1) is 13.8. The summed E-state index contributed by atoms with van der Waals surface area (Å²) >= 11 is 11.3. The second-order valence-corrected chi connectivity index (χ2v) is 4.59. The summed E-state index contributed by atoms with van der Waals surface area (Å²) in [6.07, 6.45) is 0. The Bertz CT molecular complexity index is 276. The van der Waals surface area contributed by atoms with Crippen LogP contribution in [0.1, 0.15) is 6.92 Å². The van der Waals surface area contributed by atoms with Crippen LogP contribution < -0.4 is 0 Å². The van der Waals surface area contributed by atoms with E-state index < -0.39 is 12.0 Å². The zero-order valence-corrected chi connectivity index (χ0v) is 10.7. The number of carboxylic acids is 1. The molecule has 1 saturated heterocycles. The summed E-state index contributed by atoms with van der Waals surface area (Å²) in [5.41, 5.74) is 1.37. The van der Waals surface area contributed by atoms with E-state index in [2.05, 4.69) is 4.90 Å². The molecule has 1 atom stereocenters. The maximum Gasteiger partial charge on any atom is 0.320 e. The van der Waals surface area contributed by atoms with Crippen LogP contribution in [-0.2, 0) is 4.79 Å². The van der Waals surface area contributed by atoms with Gasteiger partial charge in [0, 0.05) is 43.3 Å². The average Bonchev–Trinajstić information content (AvgIpc) is 2.28. The first-order valence-corrected chi connectivity index (χ1v) is 6.00. The summed E-state index contributed by atoms with van der Waals surface area (Å²) in [6.45, 7) is 5.49. The molecule has 1 aliphatic heterocycles. The van der Waals surface area contributed by atoms with Crippen molar-refractivity contribution in [1.82, 2.24) is 9.80 Å². The van der Waals surface area contributed by atoms with Crippen LogP contribution in [0.5, 0.6) is 0 Å². The minimum Gasteiger partial charge on any atom is -0.480 e. The largest absolute Gasteiger partial charge is 0.480 e. The second-order valence-electron chi connectivity index (χ2n) is 3.88. The Hall–Kier alpha value is -0.290. The number of nitrogens with zero attached hydrogens (tertiary/aromatic N) is 2. The van der Waals surface area contributed by atoms with Crippen molar-refractivity contribution in [3.8, 4) is 0 Å². The molecule has 1 fully saturated rings. The second kappa shape index (κ2) is 6.45. The van der Waals surface area contributed by atoms with Gasteiger partial charge in [-0.2, -0.15) is 0 Å². The molecular formula is C10H16Cl2N2O2. The van der Waals surface area contributed by atoms with Crippen LogP contribution in [0.3, 0.4) is 0 Å². The molecule has 4 nitrogen and oxygen atoms in total. The summed E-state index contributed by atoms with van der Waals surface area (Å²) < 4.78 is 0. The van der Waals surface area contributed by atoms with E-state index in [9.17, 15) is 4.79 Å². The number of hydrogen-bond acceptors (Lipinski definition) is 3. The molecule has 16 heavy (non-hydrogen) atoms. The predicted octanol–water partition coefficient (Wildman–Crippen LogP) is 1.40. The zero-order chi connectivity index (χ0) is 12.1. The fraction of sp³-hybridized carbons (Fsp3) is 0.700. The van der Waals surface area contributed by atoms with Gasteiger partial charge < -0.3 is 5.11 Å². The number of aliphatic carboxylic acids is 1. The number of piperazine rings is 1. The highest BCUT2D eigenvalue weighted by molar-refractivity contribution is 6.36. The van der Waals surface area contributed by atoms with Gasteiger partial charge in [-0.3, -0.25) is 14.6 Å². The van der Waals surface area contributed by atoms with Crippen LogP contribution in [0.25, 0.3) is 0 Å². The SMILES string of the molecule is CC(C(=O)O)N1CCN(CC(Cl)=CCl)CC1. The highest BCUT2D eigenvalue weighted by Gasteiger charge is 2.24. The van der Waals surface area contributed by atoms with Gasteiger partial charge in [0.15, 0.2) is 0 Å². The van der Waals surface area contributed by atoms with Crippen LogP contribution >= 0.6 is 23.2 Å². The Morgan fingerprint density at radius 3 is 2.44 bits per heavy atom. The Kier molecular flexibility index (Phi) is 5.55. The van der Waals surface area contributed by atoms with Crippen LogP contribution in [0, 0.1) is 0 Å². The van der Waals surface area contributed by atoms with Crippen LogP contribution in [0.15, 0.2) is 10.6 Å². The number of halogens is 2. The predicted molar refractivity (Wildman–Crippen MR) is 64.9 cm³/mol. The van der Waals surface area contributed by atoms with Gasteiger partial charge in [-0.15, -0.1) is 0 Å². The van der Waals surface area contributed by atoms with Crippen LogP contribution in [0.2, 0.25) is 0 Å². The van der Waals surface area contributed by atoms with E-state index in [4.69, 9.17) is 28.3 Å². The van der Waals surface area contributed by atoms with Gasteiger partial charge in [-0.1, -0.05) is 23.2 Å². The van der Waals surface area contributed by atoms with Crippen molar-refractivity contribution in [1.29, 1.82) is 0 Å². The standard InChI is InChI=1S/C10H16Cl2N2O2/c1-8(10(15)16)14-4-2-13(3-5-14)7-9(12)6-11/h6,8H,2-5,7H2,1H3,(H,15,16). The van der Waals surface area contributed by atoms with Gasteiger partial charge in [0.2, 0.25) is 0 Å². The molecule has 1 aliphatic rings. The first-order valence-electron chi connectivity index (χ1n) is 5.18. The highest BCUT2D eigenvalue weighted by Crippen LogP contribution is 2.11. The lowest BCUT2D eigenvalue weighted by atomic mass is 10.2.